The monoisotopic (exact) mass is 286 g/mol. The van der Waals surface area contributed by atoms with Gasteiger partial charge in [-0.3, -0.25) is 4.79 Å². The summed E-state index contributed by atoms with van der Waals surface area (Å²) in [6.45, 7) is 2.83. The van der Waals surface area contributed by atoms with E-state index in [2.05, 4.69) is 20.8 Å². The van der Waals surface area contributed by atoms with Gasteiger partial charge in [-0.05, 0) is 50.9 Å². The Morgan fingerprint density at radius 2 is 2.33 bits per heavy atom. The maximum absolute atomic E-state index is 12.5. The predicted octanol–water partition coefficient (Wildman–Crippen LogP) is 2.21. The lowest BCUT2D eigenvalue weighted by atomic mass is 9.90. The molecule has 2 aromatic rings. The molecule has 1 amide bonds. The topological polar surface area (TPSA) is 80.1 Å². The Morgan fingerprint density at radius 3 is 3.05 bits per heavy atom. The number of anilines is 1. The van der Waals surface area contributed by atoms with Crippen LogP contribution in [0.5, 0.6) is 0 Å². The second-order valence-corrected chi connectivity index (χ2v) is 5.49. The van der Waals surface area contributed by atoms with Crippen LogP contribution in [0, 0.1) is 0 Å². The first-order valence-electron chi connectivity index (χ1n) is 7.10. The normalized spacial score (nSPS) is 22.0. The number of aromatic nitrogens is 2. The molecule has 0 saturated carbocycles. The van der Waals surface area contributed by atoms with Crippen LogP contribution in [0.1, 0.15) is 26.2 Å². The third-order valence-corrected chi connectivity index (χ3v) is 3.85. The standard InChI is InChI=1S/C15H18N4O2/c1-15(7-2-3-8-16-15)14(20)18-12-6-4-5-11(9-12)13-19-17-10-21-13/h4-6,9-10,16H,2-3,7-8H2,1H3,(H,18,20). The molecule has 0 bridgehead atoms. The lowest BCUT2D eigenvalue weighted by molar-refractivity contribution is -0.122. The summed E-state index contributed by atoms with van der Waals surface area (Å²) < 4.78 is 5.17. The van der Waals surface area contributed by atoms with Crippen LogP contribution >= 0.6 is 0 Å². The van der Waals surface area contributed by atoms with Crippen LogP contribution in [0.2, 0.25) is 0 Å². The highest BCUT2D eigenvalue weighted by molar-refractivity contribution is 5.98. The molecule has 21 heavy (non-hydrogen) atoms. The van der Waals surface area contributed by atoms with Crippen molar-refractivity contribution in [3.8, 4) is 11.5 Å². The number of nitrogens with one attached hydrogen (secondary N) is 2. The summed E-state index contributed by atoms with van der Waals surface area (Å²) in [4.78, 5) is 12.5. The van der Waals surface area contributed by atoms with Crippen molar-refractivity contribution in [1.82, 2.24) is 15.5 Å². The van der Waals surface area contributed by atoms with Crippen LogP contribution in [0.15, 0.2) is 35.1 Å². The molecule has 1 aromatic heterocycles. The summed E-state index contributed by atoms with van der Waals surface area (Å²) in [7, 11) is 0. The fourth-order valence-corrected chi connectivity index (χ4v) is 2.55. The van der Waals surface area contributed by atoms with Gasteiger partial charge in [-0.2, -0.15) is 0 Å². The molecule has 1 saturated heterocycles. The van der Waals surface area contributed by atoms with Gasteiger partial charge in [-0.1, -0.05) is 6.07 Å². The Morgan fingerprint density at radius 1 is 1.43 bits per heavy atom. The summed E-state index contributed by atoms with van der Waals surface area (Å²) >= 11 is 0. The smallest absolute Gasteiger partial charge is 0.247 e. The van der Waals surface area contributed by atoms with Crippen LogP contribution in [0.25, 0.3) is 11.5 Å². The molecule has 0 radical (unpaired) electrons. The number of carbonyl (C=O) groups is 1. The van der Waals surface area contributed by atoms with Gasteiger partial charge in [-0.25, -0.2) is 0 Å². The first kappa shape index (κ1) is 13.8. The minimum Gasteiger partial charge on any atom is -0.423 e. The quantitative estimate of drug-likeness (QED) is 0.904. The molecule has 6 nitrogen and oxygen atoms in total. The van der Waals surface area contributed by atoms with Gasteiger partial charge in [-0.15, -0.1) is 10.2 Å². The van der Waals surface area contributed by atoms with Gasteiger partial charge in [0.05, 0.1) is 5.54 Å². The average Bonchev–Trinajstić information content (AvgIpc) is 3.02. The molecule has 2 N–H and O–H groups in total. The number of amides is 1. The second kappa shape index (κ2) is 5.65. The van der Waals surface area contributed by atoms with Crippen LogP contribution < -0.4 is 10.6 Å². The van der Waals surface area contributed by atoms with Crippen molar-refractivity contribution < 1.29 is 9.21 Å². The molecule has 1 aliphatic rings. The van der Waals surface area contributed by atoms with E-state index >= 15 is 0 Å². The largest absolute Gasteiger partial charge is 0.423 e. The summed E-state index contributed by atoms with van der Waals surface area (Å²) in [5, 5.41) is 13.8. The van der Waals surface area contributed by atoms with Crippen molar-refractivity contribution in [1.29, 1.82) is 0 Å². The third kappa shape index (κ3) is 2.95. The Hall–Kier alpha value is -2.21. The van der Waals surface area contributed by atoms with Crippen LogP contribution in [-0.2, 0) is 4.79 Å². The van der Waals surface area contributed by atoms with E-state index in [9.17, 15) is 4.79 Å². The molecular formula is C15H18N4O2. The van der Waals surface area contributed by atoms with Crippen molar-refractivity contribution in [2.24, 2.45) is 0 Å². The molecule has 1 aromatic carbocycles. The van der Waals surface area contributed by atoms with Crippen molar-refractivity contribution in [2.75, 3.05) is 11.9 Å². The summed E-state index contributed by atoms with van der Waals surface area (Å²) in [6.07, 6.45) is 4.32. The van der Waals surface area contributed by atoms with E-state index in [-0.39, 0.29) is 5.91 Å². The van der Waals surface area contributed by atoms with Crippen molar-refractivity contribution in [3.63, 3.8) is 0 Å². The SMILES string of the molecule is CC1(C(=O)Nc2cccc(-c3nnco3)c2)CCCCN1. The van der Waals surface area contributed by atoms with E-state index in [0.717, 1.165) is 37.1 Å². The number of benzene rings is 1. The zero-order chi connectivity index (χ0) is 14.7. The molecular weight excluding hydrogens is 268 g/mol. The zero-order valence-electron chi connectivity index (χ0n) is 11.9. The van der Waals surface area contributed by atoms with Crippen molar-refractivity contribution in [2.45, 2.75) is 31.7 Å². The van der Waals surface area contributed by atoms with Crippen LogP contribution in [0.3, 0.4) is 0 Å². The number of hydrogen-bond donors (Lipinski definition) is 2. The van der Waals surface area contributed by atoms with E-state index in [1.165, 1.54) is 6.39 Å². The first-order chi connectivity index (χ1) is 10.2. The summed E-state index contributed by atoms with van der Waals surface area (Å²) in [6, 6.07) is 7.40. The molecule has 0 spiro atoms. The van der Waals surface area contributed by atoms with E-state index in [0.29, 0.717) is 5.89 Å². The van der Waals surface area contributed by atoms with Gasteiger partial charge >= 0.3 is 0 Å². The van der Waals surface area contributed by atoms with Crippen LogP contribution in [-0.4, -0.2) is 28.2 Å². The number of carbonyl (C=O) groups excluding carboxylic acids is 1. The maximum Gasteiger partial charge on any atom is 0.247 e. The number of nitrogens with zero attached hydrogens (tertiary/aromatic N) is 2. The second-order valence-electron chi connectivity index (χ2n) is 5.49. The van der Waals surface area contributed by atoms with Gasteiger partial charge in [0.1, 0.15) is 0 Å². The van der Waals surface area contributed by atoms with E-state index in [1.54, 1.807) is 0 Å². The highest BCUT2D eigenvalue weighted by Crippen LogP contribution is 2.23. The maximum atomic E-state index is 12.5. The number of rotatable bonds is 3. The molecule has 1 fully saturated rings. The molecule has 1 atom stereocenters. The fourth-order valence-electron chi connectivity index (χ4n) is 2.55. The molecule has 1 aliphatic heterocycles. The Bertz CT molecular complexity index is 618. The number of piperidine rings is 1. The van der Waals surface area contributed by atoms with E-state index < -0.39 is 5.54 Å². The Balaban J connectivity index is 1.76. The Labute approximate surface area is 123 Å². The van der Waals surface area contributed by atoms with Gasteiger partial charge in [0, 0.05) is 11.3 Å². The molecule has 1 unspecified atom stereocenters. The number of hydrogen-bond acceptors (Lipinski definition) is 5. The summed E-state index contributed by atoms with van der Waals surface area (Å²) in [5.41, 5.74) is 1.01. The molecule has 0 aliphatic carbocycles. The zero-order valence-corrected chi connectivity index (χ0v) is 11.9. The lowest BCUT2D eigenvalue weighted by Crippen LogP contribution is -2.54. The minimum atomic E-state index is -0.501. The van der Waals surface area contributed by atoms with E-state index in [4.69, 9.17) is 4.42 Å². The highest BCUT2D eigenvalue weighted by atomic mass is 16.4. The highest BCUT2D eigenvalue weighted by Gasteiger charge is 2.34. The molecule has 110 valence electrons. The molecule has 6 heteroatoms. The molecule has 2 heterocycles. The van der Waals surface area contributed by atoms with Crippen molar-refractivity contribution in [3.05, 3.63) is 30.7 Å². The van der Waals surface area contributed by atoms with Gasteiger partial charge < -0.3 is 15.1 Å². The first-order valence-corrected chi connectivity index (χ1v) is 7.10. The van der Waals surface area contributed by atoms with Gasteiger partial charge in [0.25, 0.3) is 0 Å². The third-order valence-electron chi connectivity index (χ3n) is 3.85. The fraction of sp³-hybridized carbons (Fsp3) is 0.400. The van der Waals surface area contributed by atoms with E-state index in [1.807, 2.05) is 31.2 Å². The lowest BCUT2D eigenvalue weighted by Gasteiger charge is -2.33. The van der Waals surface area contributed by atoms with Crippen LogP contribution in [0.4, 0.5) is 5.69 Å². The predicted molar refractivity (Wildman–Crippen MR) is 78.6 cm³/mol. The van der Waals surface area contributed by atoms with Crippen molar-refractivity contribution >= 4 is 11.6 Å². The minimum absolute atomic E-state index is 0.00937. The van der Waals surface area contributed by atoms with Gasteiger partial charge in [0.2, 0.25) is 18.2 Å². The van der Waals surface area contributed by atoms with Gasteiger partial charge in [0.15, 0.2) is 0 Å². The summed E-state index contributed by atoms with van der Waals surface area (Å²) in [5.74, 6) is 0.429. The average molecular weight is 286 g/mol. The Kier molecular flexibility index (Phi) is 3.70. The molecule has 3 rings (SSSR count).